The Morgan fingerprint density at radius 3 is 2.62 bits per heavy atom. The standard InChI is InChI=1S/C25H32N4O2S/c1-7-20-10-8-9-19(6)24(20)26-23(30)15-32-25-28-27-22(29(25)16(2)3)14-31-21-13-17(4)11-12-18(21)5/h8-13,16H,7,14-15H2,1-6H3,(H,26,30). The van der Waals surface area contributed by atoms with Crippen molar-refractivity contribution in [1.82, 2.24) is 14.8 Å². The van der Waals surface area contributed by atoms with E-state index < -0.39 is 0 Å². The lowest BCUT2D eigenvalue weighted by Gasteiger charge is -2.15. The molecule has 0 bridgehead atoms. The topological polar surface area (TPSA) is 69.0 Å². The lowest BCUT2D eigenvalue weighted by Crippen LogP contribution is -2.17. The highest BCUT2D eigenvalue weighted by Crippen LogP contribution is 2.26. The molecule has 7 heteroatoms. The average molecular weight is 453 g/mol. The van der Waals surface area contributed by atoms with Crippen molar-refractivity contribution in [1.29, 1.82) is 0 Å². The molecule has 1 heterocycles. The predicted molar refractivity (Wildman–Crippen MR) is 131 cm³/mol. The quantitative estimate of drug-likeness (QED) is 0.425. The summed E-state index contributed by atoms with van der Waals surface area (Å²) in [7, 11) is 0. The summed E-state index contributed by atoms with van der Waals surface area (Å²) < 4.78 is 8.08. The Kier molecular flexibility index (Phi) is 7.96. The summed E-state index contributed by atoms with van der Waals surface area (Å²) in [6.45, 7) is 12.7. The zero-order valence-electron chi connectivity index (χ0n) is 19.7. The molecule has 170 valence electrons. The number of ether oxygens (including phenoxy) is 1. The highest BCUT2D eigenvalue weighted by atomic mass is 32.2. The maximum atomic E-state index is 12.7. The van der Waals surface area contributed by atoms with Crippen LogP contribution in [0.2, 0.25) is 0 Å². The highest BCUT2D eigenvalue weighted by Gasteiger charge is 2.18. The van der Waals surface area contributed by atoms with Gasteiger partial charge in [0.1, 0.15) is 12.4 Å². The number of aryl methyl sites for hydroxylation is 4. The number of nitrogens with zero attached hydrogens (tertiary/aromatic N) is 3. The van der Waals surface area contributed by atoms with Crippen LogP contribution in [0.15, 0.2) is 41.6 Å². The normalized spacial score (nSPS) is 11.1. The van der Waals surface area contributed by atoms with Crippen molar-refractivity contribution in [2.75, 3.05) is 11.1 Å². The number of benzene rings is 2. The molecule has 0 saturated carbocycles. The van der Waals surface area contributed by atoms with Crippen LogP contribution in [0.3, 0.4) is 0 Å². The third kappa shape index (κ3) is 5.71. The van der Waals surface area contributed by atoms with Crippen LogP contribution in [-0.4, -0.2) is 26.4 Å². The van der Waals surface area contributed by atoms with Gasteiger partial charge in [0.2, 0.25) is 5.91 Å². The molecule has 0 aliphatic carbocycles. The molecule has 0 aliphatic heterocycles. The maximum Gasteiger partial charge on any atom is 0.234 e. The van der Waals surface area contributed by atoms with Gasteiger partial charge in [0.05, 0.1) is 5.75 Å². The first-order valence-corrected chi connectivity index (χ1v) is 11.9. The Morgan fingerprint density at radius 1 is 1.12 bits per heavy atom. The molecular weight excluding hydrogens is 420 g/mol. The fraction of sp³-hybridized carbons (Fsp3) is 0.400. The minimum Gasteiger partial charge on any atom is -0.485 e. The van der Waals surface area contributed by atoms with Crippen molar-refractivity contribution in [3.63, 3.8) is 0 Å². The number of thioether (sulfide) groups is 1. The molecule has 6 nitrogen and oxygen atoms in total. The number of carbonyl (C=O) groups is 1. The predicted octanol–water partition coefficient (Wildman–Crippen LogP) is 5.66. The second-order valence-electron chi connectivity index (χ2n) is 8.22. The molecule has 1 aromatic heterocycles. The summed E-state index contributed by atoms with van der Waals surface area (Å²) in [6, 6.07) is 12.4. The summed E-state index contributed by atoms with van der Waals surface area (Å²) in [4.78, 5) is 12.7. The van der Waals surface area contributed by atoms with E-state index in [9.17, 15) is 4.79 Å². The molecule has 3 rings (SSSR count). The van der Waals surface area contributed by atoms with Crippen LogP contribution in [-0.2, 0) is 17.8 Å². The molecule has 0 saturated heterocycles. The number of anilines is 1. The SMILES string of the molecule is CCc1cccc(C)c1NC(=O)CSc1nnc(COc2cc(C)ccc2C)n1C(C)C. The van der Waals surface area contributed by atoms with E-state index in [0.29, 0.717) is 6.61 Å². The van der Waals surface area contributed by atoms with Crippen LogP contribution < -0.4 is 10.1 Å². The van der Waals surface area contributed by atoms with Crippen molar-refractivity contribution in [2.24, 2.45) is 0 Å². The van der Waals surface area contributed by atoms with E-state index in [4.69, 9.17) is 4.74 Å². The zero-order chi connectivity index (χ0) is 23.3. The maximum absolute atomic E-state index is 12.7. The Bertz CT molecular complexity index is 1090. The van der Waals surface area contributed by atoms with Gasteiger partial charge in [0.25, 0.3) is 0 Å². The van der Waals surface area contributed by atoms with Crippen LogP contribution >= 0.6 is 11.8 Å². The van der Waals surface area contributed by atoms with Crippen molar-refractivity contribution < 1.29 is 9.53 Å². The molecule has 32 heavy (non-hydrogen) atoms. The summed E-state index contributed by atoms with van der Waals surface area (Å²) in [5.74, 6) is 1.81. The highest BCUT2D eigenvalue weighted by molar-refractivity contribution is 7.99. The molecule has 0 spiro atoms. The van der Waals surface area contributed by atoms with Gasteiger partial charge in [-0.05, 0) is 69.4 Å². The van der Waals surface area contributed by atoms with E-state index in [0.717, 1.165) is 51.1 Å². The Hall–Kier alpha value is -2.80. The Labute approximate surface area is 194 Å². The molecule has 1 amide bonds. The van der Waals surface area contributed by atoms with Crippen LogP contribution in [0.25, 0.3) is 0 Å². The third-order valence-corrected chi connectivity index (χ3v) is 6.23. The number of amides is 1. The van der Waals surface area contributed by atoms with E-state index in [1.165, 1.54) is 11.8 Å². The van der Waals surface area contributed by atoms with Gasteiger partial charge in [-0.3, -0.25) is 4.79 Å². The lowest BCUT2D eigenvalue weighted by atomic mass is 10.1. The van der Waals surface area contributed by atoms with E-state index in [2.05, 4.69) is 48.4 Å². The fourth-order valence-corrected chi connectivity index (χ4v) is 4.42. The van der Waals surface area contributed by atoms with Crippen molar-refractivity contribution in [3.05, 3.63) is 64.5 Å². The zero-order valence-corrected chi connectivity index (χ0v) is 20.5. The number of para-hydroxylation sites is 1. The van der Waals surface area contributed by atoms with E-state index in [-0.39, 0.29) is 17.7 Å². The number of hydrogen-bond acceptors (Lipinski definition) is 5. The fourth-order valence-electron chi connectivity index (χ4n) is 3.54. The van der Waals surface area contributed by atoms with Gasteiger partial charge in [-0.15, -0.1) is 10.2 Å². The van der Waals surface area contributed by atoms with Gasteiger partial charge in [-0.2, -0.15) is 0 Å². The molecule has 3 aromatic rings. The molecule has 0 radical (unpaired) electrons. The Morgan fingerprint density at radius 2 is 1.91 bits per heavy atom. The van der Waals surface area contributed by atoms with E-state index in [1.54, 1.807) is 0 Å². The van der Waals surface area contributed by atoms with Gasteiger partial charge in [0.15, 0.2) is 11.0 Å². The minimum absolute atomic E-state index is 0.0505. The molecule has 0 aliphatic rings. The molecule has 0 unspecified atom stereocenters. The first kappa shape index (κ1) is 23.9. The summed E-state index contributed by atoms with van der Waals surface area (Å²) in [6.07, 6.45) is 0.871. The van der Waals surface area contributed by atoms with Crippen molar-refractivity contribution in [2.45, 2.75) is 65.8 Å². The van der Waals surface area contributed by atoms with Gasteiger partial charge in [0, 0.05) is 11.7 Å². The Balaban J connectivity index is 1.68. The lowest BCUT2D eigenvalue weighted by molar-refractivity contribution is -0.113. The number of hydrogen-bond donors (Lipinski definition) is 1. The van der Waals surface area contributed by atoms with Crippen molar-refractivity contribution >= 4 is 23.4 Å². The van der Waals surface area contributed by atoms with Crippen LogP contribution in [0.1, 0.15) is 54.9 Å². The second kappa shape index (κ2) is 10.7. The minimum atomic E-state index is -0.0505. The van der Waals surface area contributed by atoms with Gasteiger partial charge in [-0.25, -0.2) is 0 Å². The van der Waals surface area contributed by atoms with Gasteiger partial charge < -0.3 is 14.6 Å². The summed E-state index contributed by atoms with van der Waals surface area (Å²) in [5.41, 5.74) is 5.35. The first-order valence-electron chi connectivity index (χ1n) is 10.9. The molecule has 0 atom stereocenters. The number of nitrogens with one attached hydrogen (secondary N) is 1. The molecular formula is C25H32N4O2S. The van der Waals surface area contributed by atoms with Crippen molar-refractivity contribution in [3.8, 4) is 5.75 Å². The van der Waals surface area contributed by atoms with E-state index >= 15 is 0 Å². The summed E-state index contributed by atoms with van der Waals surface area (Å²) in [5, 5.41) is 12.5. The molecule has 0 fully saturated rings. The summed E-state index contributed by atoms with van der Waals surface area (Å²) >= 11 is 1.39. The van der Waals surface area contributed by atoms with Gasteiger partial charge in [-0.1, -0.05) is 49.0 Å². The molecule has 2 aromatic carbocycles. The van der Waals surface area contributed by atoms with Crippen LogP contribution in [0.4, 0.5) is 5.69 Å². The molecule has 1 N–H and O–H groups in total. The number of rotatable bonds is 9. The smallest absolute Gasteiger partial charge is 0.234 e. The van der Waals surface area contributed by atoms with Crippen LogP contribution in [0, 0.1) is 20.8 Å². The number of aromatic nitrogens is 3. The monoisotopic (exact) mass is 452 g/mol. The second-order valence-corrected chi connectivity index (χ2v) is 9.16. The average Bonchev–Trinajstić information content (AvgIpc) is 3.17. The third-order valence-electron chi connectivity index (χ3n) is 5.29. The largest absolute Gasteiger partial charge is 0.485 e. The first-order chi connectivity index (χ1) is 15.3. The van der Waals surface area contributed by atoms with Crippen LogP contribution in [0.5, 0.6) is 5.75 Å². The number of carbonyl (C=O) groups excluding carboxylic acids is 1. The van der Waals surface area contributed by atoms with E-state index in [1.807, 2.05) is 49.6 Å². The van der Waals surface area contributed by atoms with Gasteiger partial charge >= 0.3 is 0 Å².